The number of hydrogen-bond acceptors (Lipinski definition) is 3. The first-order chi connectivity index (χ1) is 8.49. The Morgan fingerprint density at radius 2 is 2.17 bits per heavy atom. The van der Waals surface area contributed by atoms with Gasteiger partial charge in [-0.15, -0.1) is 0 Å². The van der Waals surface area contributed by atoms with Crippen LogP contribution < -0.4 is 4.90 Å². The normalized spacial score (nSPS) is 24.1. The second-order valence-electron chi connectivity index (χ2n) is 4.87. The lowest BCUT2D eigenvalue weighted by molar-refractivity contribution is 0.0341. The first-order valence-corrected chi connectivity index (χ1v) is 6.17. The number of benzene rings is 1. The number of carbonyl (C=O) groups is 1. The molecular formula is C14H18FNO2. The maximum Gasteiger partial charge on any atom is 0.159 e. The molecule has 0 spiro atoms. The Morgan fingerprint density at radius 3 is 2.78 bits per heavy atom. The molecule has 0 aliphatic carbocycles. The average molecular weight is 251 g/mol. The van der Waals surface area contributed by atoms with Gasteiger partial charge >= 0.3 is 0 Å². The summed E-state index contributed by atoms with van der Waals surface area (Å²) >= 11 is 0. The molecule has 98 valence electrons. The van der Waals surface area contributed by atoms with Crippen molar-refractivity contribution < 1.29 is 13.9 Å². The fourth-order valence-electron chi connectivity index (χ4n) is 2.20. The summed E-state index contributed by atoms with van der Waals surface area (Å²) in [5.74, 6) is -0.465. The molecule has 1 aliphatic rings. The van der Waals surface area contributed by atoms with Crippen LogP contribution in [0.3, 0.4) is 0 Å². The Kier molecular flexibility index (Phi) is 3.66. The van der Waals surface area contributed by atoms with Gasteiger partial charge in [0.25, 0.3) is 0 Å². The predicted octanol–water partition coefficient (Wildman–Crippen LogP) is 2.64. The van der Waals surface area contributed by atoms with Crippen molar-refractivity contribution in [3.8, 4) is 0 Å². The maximum absolute atomic E-state index is 14.1. The van der Waals surface area contributed by atoms with Gasteiger partial charge in [-0.2, -0.15) is 0 Å². The van der Waals surface area contributed by atoms with E-state index in [9.17, 15) is 9.18 Å². The zero-order valence-corrected chi connectivity index (χ0v) is 10.9. The van der Waals surface area contributed by atoms with E-state index < -0.39 is 0 Å². The number of Topliss-reactive ketones (excluding diaryl/α,β-unsaturated/α-hetero) is 1. The van der Waals surface area contributed by atoms with E-state index in [1.54, 1.807) is 12.1 Å². The van der Waals surface area contributed by atoms with Crippen molar-refractivity contribution >= 4 is 11.5 Å². The predicted molar refractivity (Wildman–Crippen MR) is 68.6 cm³/mol. The highest BCUT2D eigenvalue weighted by atomic mass is 19.1. The van der Waals surface area contributed by atoms with Crippen LogP contribution in [0.15, 0.2) is 18.2 Å². The lowest BCUT2D eigenvalue weighted by Crippen LogP contribution is -2.47. The Bertz CT molecular complexity index is 461. The third-order valence-corrected chi connectivity index (χ3v) is 3.27. The summed E-state index contributed by atoms with van der Waals surface area (Å²) in [7, 11) is 0. The van der Waals surface area contributed by atoms with Crippen molar-refractivity contribution in [2.75, 3.05) is 18.1 Å². The molecule has 3 nitrogen and oxygen atoms in total. The summed E-state index contributed by atoms with van der Waals surface area (Å²) in [4.78, 5) is 13.2. The molecule has 4 heteroatoms. The highest BCUT2D eigenvalue weighted by molar-refractivity contribution is 5.94. The molecule has 1 fully saturated rings. The zero-order chi connectivity index (χ0) is 13.3. The Morgan fingerprint density at radius 1 is 1.44 bits per heavy atom. The van der Waals surface area contributed by atoms with Gasteiger partial charge < -0.3 is 9.64 Å². The topological polar surface area (TPSA) is 29.5 Å². The average Bonchev–Trinajstić information content (AvgIpc) is 2.32. The molecule has 1 saturated heterocycles. The van der Waals surface area contributed by atoms with Gasteiger partial charge in [0.15, 0.2) is 5.78 Å². The number of hydrogen-bond donors (Lipinski definition) is 0. The quantitative estimate of drug-likeness (QED) is 0.757. The fraction of sp³-hybridized carbons (Fsp3) is 0.500. The van der Waals surface area contributed by atoms with E-state index in [0.29, 0.717) is 24.4 Å². The number of anilines is 1. The first kappa shape index (κ1) is 13.0. The number of nitrogens with zero attached hydrogens (tertiary/aromatic N) is 1. The van der Waals surface area contributed by atoms with Crippen LogP contribution in [0.5, 0.6) is 0 Å². The van der Waals surface area contributed by atoms with Gasteiger partial charge in [-0.25, -0.2) is 4.39 Å². The molecule has 0 bridgehead atoms. The van der Waals surface area contributed by atoms with E-state index in [1.165, 1.54) is 13.0 Å². The number of ether oxygens (including phenoxy) is 1. The molecule has 2 unspecified atom stereocenters. The third kappa shape index (κ3) is 2.53. The van der Waals surface area contributed by atoms with Gasteiger partial charge in [0.05, 0.1) is 18.4 Å². The molecule has 1 aromatic carbocycles. The molecule has 1 aromatic rings. The van der Waals surface area contributed by atoms with Crippen LogP contribution in [0.4, 0.5) is 10.1 Å². The second kappa shape index (κ2) is 5.06. The van der Waals surface area contributed by atoms with Crippen molar-refractivity contribution in [3.63, 3.8) is 0 Å². The number of ketones is 1. The molecular weight excluding hydrogens is 233 g/mol. The highest BCUT2D eigenvalue weighted by Crippen LogP contribution is 2.25. The van der Waals surface area contributed by atoms with Gasteiger partial charge in [-0.3, -0.25) is 4.79 Å². The van der Waals surface area contributed by atoms with E-state index in [1.807, 2.05) is 18.7 Å². The minimum atomic E-state index is -0.344. The number of morpholine rings is 1. The summed E-state index contributed by atoms with van der Waals surface area (Å²) < 4.78 is 19.6. The van der Waals surface area contributed by atoms with E-state index in [4.69, 9.17) is 4.74 Å². The van der Waals surface area contributed by atoms with Crippen LogP contribution in [0.1, 0.15) is 31.1 Å². The molecule has 0 aromatic heterocycles. The standard InChI is InChI=1S/C14H18FNO2/c1-9-8-18-10(2)7-16(9)14-5-4-12(11(3)17)6-13(14)15/h4-6,9-10H,7-8H2,1-3H3. The molecule has 2 atom stereocenters. The summed E-state index contributed by atoms with van der Waals surface area (Å²) in [5, 5.41) is 0. The molecule has 0 saturated carbocycles. The smallest absolute Gasteiger partial charge is 0.159 e. The van der Waals surface area contributed by atoms with Crippen LogP contribution in [0.2, 0.25) is 0 Å². The highest BCUT2D eigenvalue weighted by Gasteiger charge is 2.25. The zero-order valence-electron chi connectivity index (χ0n) is 10.9. The first-order valence-electron chi connectivity index (χ1n) is 6.17. The van der Waals surface area contributed by atoms with Crippen molar-refractivity contribution in [2.24, 2.45) is 0 Å². The number of carbonyl (C=O) groups excluding carboxylic acids is 1. The summed E-state index contributed by atoms with van der Waals surface area (Å²) in [6, 6.07) is 4.80. The molecule has 0 radical (unpaired) electrons. The molecule has 18 heavy (non-hydrogen) atoms. The fourth-order valence-corrected chi connectivity index (χ4v) is 2.20. The van der Waals surface area contributed by atoms with E-state index in [-0.39, 0.29) is 23.7 Å². The lowest BCUT2D eigenvalue weighted by Gasteiger charge is -2.38. The largest absolute Gasteiger partial charge is 0.375 e. The van der Waals surface area contributed by atoms with Crippen molar-refractivity contribution in [3.05, 3.63) is 29.6 Å². The van der Waals surface area contributed by atoms with Crippen LogP contribution in [-0.2, 0) is 4.74 Å². The van der Waals surface area contributed by atoms with Crippen molar-refractivity contribution in [1.82, 2.24) is 0 Å². The minimum Gasteiger partial charge on any atom is -0.375 e. The Hall–Kier alpha value is -1.42. The minimum absolute atomic E-state index is 0.0908. The van der Waals surface area contributed by atoms with E-state index >= 15 is 0 Å². The van der Waals surface area contributed by atoms with E-state index in [0.717, 1.165) is 0 Å². The van der Waals surface area contributed by atoms with Crippen LogP contribution in [0.25, 0.3) is 0 Å². The SMILES string of the molecule is CC(=O)c1ccc(N2CC(C)OCC2C)c(F)c1. The molecule has 0 amide bonds. The molecule has 0 N–H and O–H groups in total. The van der Waals surface area contributed by atoms with Gasteiger partial charge in [-0.05, 0) is 39.0 Å². The van der Waals surface area contributed by atoms with Gasteiger partial charge in [-0.1, -0.05) is 0 Å². The molecule has 1 aliphatic heterocycles. The third-order valence-electron chi connectivity index (χ3n) is 3.27. The van der Waals surface area contributed by atoms with Crippen LogP contribution in [-0.4, -0.2) is 31.1 Å². The number of rotatable bonds is 2. The molecule has 2 rings (SSSR count). The van der Waals surface area contributed by atoms with E-state index in [2.05, 4.69) is 0 Å². The summed E-state index contributed by atoms with van der Waals surface area (Å²) in [5.41, 5.74) is 0.952. The summed E-state index contributed by atoms with van der Waals surface area (Å²) in [6.07, 6.45) is 0.0908. The maximum atomic E-state index is 14.1. The van der Waals surface area contributed by atoms with Gasteiger partial charge in [0.1, 0.15) is 5.82 Å². The Labute approximate surface area is 107 Å². The van der Waals surface area contributed by atoms with Gasteiger partial charge in [0, 0.05) is 18.2 Å². The molecule has 1 heterocycles. The lowest BCUT2D eigenvalue weighted by atomic mass is 10.1. The second-order valence-corrected chi connectivity index (χ2v) is 4.87. The van der Waals surface area contributed by atoms with Crippen LogP contribution in [0, 0.1) is 5.82 Å². The summed E-state index contributed by atoms with van der Waals surface area (Å²) in [6.45, 7) is 6.67. The van der Waals surface area contributed by atoms with Crippen molar-refractivity contribution in [1.29, 1.82) is 0 Å². The number of halogens is 1. The van der Waals surface area contributed by atoms with Gasteiger partial charge in [0.2, 0.25) is 0 Å². The monoisotopic (exact) mass is 251 g/mol. The van der Waals surface area contributed by atoms with Crippen LogP contribution >= 0.6 is 0 Å². The van der Waals surface area contributed by atoms with Crippen molar-refractivity contribution in [2.45, 2.75) is 32.9 Å². The Balaban J connectivity index is 2.30.